The maximum atomic E-state index is 13.1. The van der Waals surface area contributed by atoms with E-state index >= 15 is 0 Å². The fraction of sp³-hybridized carbons (Fsp3) is 0.200. The van der Waals surface area contributed by atoms with Gasteiger partial charge >= 0.3 is 0 Å². The Kier molecular flexibility index (Phi) is 5.43. The lowest BCUT2D eigenvalue weighted by atomic mass is 10.0. The lowest BCUT2D eigenvalue weighted by Crippen LogP contribution is -2.36. The van der Waals surface area contributed by atoms with E-state index < -0.39 is 0 Å². The van der Waals surface area contributed by atoms with Crippen molar-refractivity contribution in [1.29, 1.82) is 0 Å². The number of aryl methyl sites for hydroxylation is 1. The Balaban J connectivity index is 1.71. The van der Waals surface area contributed by atoms with Crippen molar-refractivity contribution in [2.24, 2.45) is 0 Å². The molecule has 2 amide bonds. The van der Waals surface area contributed by atoms with Crippen molar-refractivity contribution in [3.05, 3.63) is 89.1 Å². The van der Waals surface area contributed by atoms with Crippen LogP contribution in [0.25, 0.3) is 16.8 Å². The summed E-state index contributed by atoms with van der Waals surface area (Å²) >= 11 is 0. The molecule has 146 valence electrons. The van der Waals surface area contributed by atoms with E-state index in [0.29, 0.717) is 11.3 Å². The first-order valence-electron chi connectivity index (χ1n) is 9.98. The maximum absolute atomic E-state index is 13.1. The van der Waals surface area contributed by atoms with Gasteiger partial charge in [-0.2, -0.15) is 0 Å². The van der Waals surface area contributed by atoms with Gasteiger partial charge in [-0.25, -0.2) is 0 Å². The van der Waals surface area contributed by atoms with Crippen LogP contribution in [-0.4, -0.2) is 29.8 Å². The molecule has 0 atom stereocenters. The molecule has 0 bridgehead atoms. The van der Waals surface area contributed by atoms with Crippen LogP contribution in [0.15, 0.2) is 72.4 Å². The highest BCUT2D eigenvalue weighted by Crippen LogP contribution is 2.22. The summed E-state index contributed by atoms with van der Waals surface area (Å²) in [4.78, 5) is 27.8. The molecule has 3 aromatic carbocycles. The van der Waals surface area contributed by atoms with Gasteiger partial charge in [-0.05, 0) is 54.3 Å². The van der Waals surface area contributed by atoms with E-state index in [1.54, 1.807) is 18.2 Å². The molecule has 0 aliphatic carbocycles. The number of hydrogen-bond acceptors (Lipinski definition) is 2. The van der Waals surface area contributed by atoms with Crippen molar-refractivity contribution in [2.75, 3.05) is 13.1 Å². The van der Waals surface area contributed by atoms with Crippen molar-refractivity contribution in [3.8, 4) is 0 Å². The van der Waals surface area contributed by atoms with E-state index in [9.17, 15) is 9.59 Å². The van der Waals surface area contributed by atoms with Gasteiger partial charge in [0.25, 0.3) is 11.8 Å². The van der Waals surface area contributed by atoms with Gasteiger partial charge in [-0.15, -0.1) is 0 Å². The summed E-state index contributed by atoms with van der Waals surface area (Å²) in [5.41, 5.74) is 2.85. The number of rotatable bonds is 4. The largest absolute Gasteiger partial charge is 0.337 e. The molecule has 4 heteroatoms. The first-order chi connectivity index (χ1) is 14.1. The van der Waals surface area contributed by atoms with Crippen LogP contribution in [0, 0.1) is 6.92 Å². The van der Waals surface area contributed by atoms with Crippen LogP contribution in [0.3, 0.4) is 0 Å². The number of benzene rings is 3. The number of hydrogen-bond donors (Lipinski definition) is 1. The molecule has 4 nitrogen and oxygen atoms in total. The molecule has 1 aliphatic rings. The Bertz CT molecular complexity index is 1070. The average molecular weight is 384 g/mol. The molecule has 0 unspecified atom stereocenters. The number of fused-ring (bicyclic) bond motifs is 1. The Labute approximate surface area is 170 Å². The van der Waals surface area contributed by atoms with Gasteiger partial charge < -0.3 is 10.2 Å². The minimum Gasteiger partial charge on any atom is -0.337 e. The molecule has 0 saturated carbocycles. The van der Waals surface area contributed by atoms with E-state index in [4.69, 9.17) is 0 Å². The molecular weight excluding hydrogens is 360 g/mol. The number of amides is 2. The molecule has 1 heterocycles. The zero-order chi connectivity index (χ0) is 20.2. The zero-order valence-corrected chi connectivity index (χ0v) is 16.5. The summed E-state index contributed by atoms with van der Waals surface area (Å²) in [5.74, 6) is -0.403. The van der Waals surface area contributed by atoms with Crippen molar-refractivity contribution in [3.63, 3.8) is 0 Å². The number of nitrogens with one attached hydrogen (secondary N) is 1. The predicted octanol–water partition coefficient (Wildman–Crippen LogP) is 4.54. The lowest BCUT2D eigenvalue weighted by molar-refractivity contribution is -0.126. The molecule has 0 spiro atoms. The Hall–Kier alpha value is -3.40. The molecule has 1 aliphatic heterocycles. The van der Waals surface area contributed by atoms with Gasteiger partial charge in [0.2, 0.25) is 0 Å². The smallest absolute Gasteiger partial charge is 0.270 e. The van der Waals surface area contributed by atoms with Gasteiger partial charge in [-0.1, -0.05) is 60.2 Å². The quantitative estimate of drug-likeness (QED) is 0.671. The molecular formula is C25H24N2O2. The molecule has 1 fully saturated rings. The summed E-state index contributed by atoms with van der Waals surface area (Å²) < 4.78 is 0. The van der Waals surface area contributed by atoms with Crippen LogP contribution in [0.1, 0.15) is 34.3 Å². The maximum Gasteiger partial charge on any atom is 0.270 e. The molecule has 3 aromatic rings. The highest BCUT2D eigenvalue weighted by molar-refractivity contribution is 6.06. The van der Waals surface area contributed by atoms with E-state index in [1.807, 2.05) is 66.4 Å². The van der Waals surface area contributed by atoms with Gasteiger partial charge in [0.15, 0.2) is 0 Å². The molecule has 1 N–H and O–H groups in total. The molecule has 4 rings (SSSR count). The number of carbonyl (C=O) groups is 2. The lowest BCUT2D eigenvalue weighted by Gasteiger charge is -2.18. The Morgan fingerprint density at radius 3 is 2.34 bits per heavy atom. The SMILES string of the molecule is Cc1ccc(C(=O)N/C(=C/c2cccc3ccccc23)C(=O)N2CCCC2)cc1. The third kappa shape index (κ3) is 4.21. The normalized spacial score (nSPS) is 14.2. The summed E-state index contributed by atoms with van der Waals surface area (Å²) in [6.07, 6.45) is 3.80. The van der Waals surface area contributed by atoms with Crippen molar-refractivity contribution >= 4 is 28.7 Å². The van der Waals surface area contributed by atoms with Gasteiger partial charge in [0, 0.05) is 18.7 Å². The number of carbonyl (C=O) groups excluding carboxylic acids is 2. The molecule has 0 radical (unpaired) electrons. The second kappa shape index (κ2) is 8.31. The fourth-order valence-corrected chi connectivity index (χ4v) is 3.67. The summed E-state index contributed by atoms with van der Waals surface area (Å²) in [6, 6.07) is 21.4. The van der Waals surface area contributed by atoms with Gasteiger partial charge in [-0.3, -0.25) is 9.59 Å². The molecule has 0 aromatic heterocycles. The first kappa shape index (κ1) is 18.9. The first-order valence-corrected chi connectivity index (χ1v) is 9.98. The standard InChI is InChI=1S/C25H24N2O2/c1-18-11-13-20(14-12-18)24(28)26-23(25(29)27-15-4-5-16-27)17-21-9-6-8-19-7-2-3-10-22(19)21/h2-3,6-14,17H,4-5,15-16H2,1H3,(H,26,28)/b23-17+. The zero-order valence-electron chi connectivity index (χ0n) is 16.5. The summed E-state index contributed by atoms with van der Waals surface area (Å²) in [7, 11) is 0. The minimum absolute atomic E-state index is 0.129. The Morgan fingerprint density at radius 1 is 0.897 bits per heavy atom. The van der Waals surface area contributed by atoms with Crippen molar-refractivity contribution < 1.29 is 9.59 Å². The third-order valence-corrected chi connectivity index (χ3v) is 5.31. The molecule has 29 heavy (non-hydrogen) atoms. The average Bonchev–Trinajstić information content (AvgIpc) is 3.28. The van der Waals surface area contributed by atoms with Gasteiger partial charge in [0.05, 0.1) is 0 Å². The predicted molar refractivity (Wildman–Crippen MR) is 116 cm³/mol. The van der Waals surface area contributed by atoms with Crippen molar-refractivity contribution in [1.82, 2.24) is 10.2 Å². The van der Waals surface area contributed by atoms with Crippen LogP contribution in [0.2, 0.25) is 0 Å². The number of likely N-dealkylation sites (tertiary alicyclic amines) is 1. The summed E-state index contributed by atoms with van der Waals surface area (Å²) in [6.45, 7) is 3.43. The van der Waals surface area contributed by atoms with E-state index in [2.05, 4.69) is 5.32 Å². The number of nitrogens with zero attached hydrogens (tertiary/aromatic N) is 1. The van der Waals surface area contributed by atoms with Crippen LogP contribution in [-0.2, 0) is 4.79 Å². The second-order valence-electron chi connectivity index (χ2n) is 7.45. The molecule has 1 saturated heterocycles. The Morgan fingerprint density at radius 2 is 1.59 bits per heavy atom. The highest BCUT2D eigenvalue weighted by atomic mass is 16.2. The van der Waals surface area contributed by atoms with Gasteiger partial charge in [0.1, 0.15) is 5.70 Å². The highest BCUT2D eigenvalue weighted by Gasteiger charge is 2.23. The third-order valence-electron chi connectivity index (χ3n) is 5.31. The van der Waals surface area contributed by atoms with E-state index in [0.717, 1.165) is 47.8 Å². The fourth-order valence-electron chi connectivity index (χ4n) is 3.67. The van der Waals surface area contributed by atoms with Crippen LogP contribution < -0.4 is 5.32 Å². The van der Waals surface area contributed by atoms with E-state index in [-0.39, 0.29) is 11.8 Å². The summed E-state index contributed by atoms with van der Waals surface area (Å²) in [5, 5.41) is 5.02. The monoisotopic (exact) mass is 384 g/mol. The van der Waals surface area contributed by atoms with Crippen molar-refractivity contribution in [2.45, 2.75) is 19.8 Å². The van der Waals surface area contributed by atoms with Crippen LogP contribution in [0.4, 0.5) is 0 Å². The van der Waals surface area contributed by atoms with Crippen LogP contribution in [0.5, 0.6) is 0 Å². The van der Waals surface area contributed by atoms with E-state index in [1.165, 1.54) is 0 Å². The minimum atomic E-state index is -0.274. The second-order valence-corrected chi connectivity index (χ2v) is 7.45. The topological polar surface area (TPSA) is 49.4 Å². The van der Waals surface area contributed by atoms with Crippen LogP contribution >= 0.6 is 0 Å².